The van der Waals surface area contributed by atoms with Crippen molar-refractivity contribution in [1.82, 2.24) is 4.98 Å². The average molecular weight is 355 g/mol. The van der Waals surface area contributed by atoms with Crippen molar-refractivity contribution in [3.63, 3.8) is 0 Å². The molecule has 2 saturated heterocycles. The summed E-state index contributed by atoms with van der Waals surface area (Å²) in [6.07, 6.45) is 1.64. The fraction of sp³-hybridized carbons (Fsp3) is 0.474. The lowest BCUT2D eigenvalue weighted by Gasteiger charge is -2.23. The summed E-state index contributed by atoms with van der Waals surface area (Å²) >= 11 is 0. The number of pyridine rings is 1. The molecule has 1 aromatic heterocycles. The molecule has 130 valence electrons. The van der Waals surface area contributed by atoms with Crippen molar-refractivity contribution in [3.8, 4) is 6.07 Å². The third-order valence-corrected chi connectivity index (χ3v) is 7.35. The van der Waals surface area contributed by atoms with Gasteiger partial charge in [0, 0.05) is 24.7 Å². The molecule has 0 unspecified atom stereocenters. The molecule has 4 rings (SSSR count). The predicted molar refractivity (Wildman–Crippen MR) is 98.4 cm³/mol. The van der Waals surface area contributed by atoms with Crippen molar-refractivity contribution in [2.75, 3.05) is 29.5 Å². The number of benzene rings is 1. The summed E-state index contributed by atoms with van der Waals surface area (Å²) in [5, 5.41) is 10.6. The molecule has 6 heteroatoms. The van der Waals surface area contributed by atoms with Crippen molar-refractivity contribution in [1.29, 1.82) is 5.26 Å². The molecule has 3 heterocycles. The first-order valence-electron chi connectivity index (χ1n) is 8.66. The number of sulfone groups is 1. The minimum atomic E-state index is -2.89. The Morgan fingerprint density at radius 3 is 2.52 bits per heavy atom. The van der Waals surface area contributed by atoms with Crippen LogP contribution in [0.2, 0.25) is 0 Å². The lowest BCUT2D eigenvalue weighted by molar-refractivity contribution is 0.533. The average Bonchev–Trinajstić information content (AvgIpc) is 3.06. The van der Waals surface area contributed by atoms with Crippen LogP contribution in [0.15, 0.2) is 24.4 Å². The standard InChI is InChI=1S/C19H21N3O2S/c1-12(2)13-3-4-18-17(5-13)19(14(6-20)7-21-18)22-8-15-10-25(23,24)11-16(15)9-22/h3-5,7,12,15-16H,8-11H2,1-2H3/t15-,16+. The van der Waals surface area contributed by atoms with E-state index in [0.717, 1.165) is 16.6 Å². The summed E-state index contributed by atoms with van der Waals surface area (Å²) in [5.41, 5.74) is 3.58. The number of nitriles is 1. The fourth-order valence-electron chi connectivity index (χ4n) is 4.20. The molecule has 2 atom stereocenters. The zero-order valence-electron chi connectivity index (χ0n) is 14.4. The zero-order chi connectivity index (χ0) is 17.8. The lowest BCUT2D eigenvalue weighted by Crippen LogP contribution is -2.25. The lowest BCUT2D eigenvalue weighted by atomic mass is 9.99. The van der Waals surface area contributed by atoms with Gasteiger partial charge in [0.25, 0.3) is 0 Å². The first-order chi connectivity index (χ1) is 11.9. The maximum atomic E-state index is 11.9. The van der Waals surface area contributed by atoms with E-state index in [-0.39, 0.29) is 23.3 Å². The Kier molecular flexibility index (Phi) is 3.73. The number of rotatable bonds is 2. The molecule has 1 aromatic carbocycles. The maximum Gasteiger partial charge on any atom is 0.151 e. The maximum absolute atomic E-state index is 11.9. The van der Waals surface area contributed by atoms with Gasteiger partial charge in [-0.15, -0.1) is 0 Å². The van der Waals surface area contributed by atoms with Crippen molar-refractivity contribution < 1.29 is 8.42 Å². The van der Waals surface area contributed by atoms with E-state index in [9.17, 15) is 13.7 Å². The van der Waals surface area contributed by atoms with Gasteiger partial charge in [-0.05, 0) is 35.4 Å². The van der Waals surface area contributed by atoms with Gasteiger partial charge in [-0.3, -0.25) is 4.98 Å². The molecule has 2 aliphatic heterocycles. The molecule has 0 amide bonds. The van der Waals surface area contributed by atoms with Crippen LogP contribution in [0.3, 0.4) is 0 Å². The Balaban J connectivity index is 1.81. The minimum absolute atomic E-state index is 0.174. The highest BCUT2D eigenvalue weighted by Crippen LogP contribution is 2.39. The molecule has 2 fully saturated rings. The zero-order valence-corrected chi connectivity index (χ0v) is 15.3. The second-order valence-electron chi connectivity index (χ2n) is 7.57. The predicted octanol–water partition coefficient (Wildman–Crippen LogP) is 2.71. The van der Waals surface area contributed by atoms with Gasteiger partial charge >= 0.3 is 0 Å². The largest absolute Gasteiger partial charge is 0.369 e. The van der Waals surface area contributed by atoms with Crippen LogP contribution in [0.25, 0.3) is 10.9 Å². The first-order valence-corrected chi connectivity index (χ1v) is 10.5. The molecule has 25 heavy (non-hydrogen) atoms. The third kappa shape index (κ3) is 2.77. The molecule has 0 N–H and O–H groups in total. The monoisotopic (exact) mass is 355 g/mol. The van der Waals surface area contributed by atoms with E-state index in [1.165, 1.54) is 5.56 Å². The molecule has 5 nitrogen and oxygen atoms in total. The Morgan fingerprint density at radius 2 is 1.92 bits per heavy atom. The van der Waals surface area contributed by atoms with Gasteiger partial charge in [0.05, 0.1) is 28.3 Å². The number of fused-ring (bicyclic) bond motifs is 2. The van der Waals surface area contributed by atoms with Crippen molar-refractivity contribution in [2.24, 2.45) is 11.8 Å². The quantitative estimate of drug-likeness (QED) is 0.828. The number of aromatic nitrogens is 1. The van der Waals surface area contributed by atoms with E-state index < -0.39 is 9.84 Å². The number of anilines is 1. The Labute approximate surface area is 148 Å². The summed E-state index contributed by atoms with van der Waals surface area (Å²) in [5.74, 6) is 1.29. The molecule has 0 bridgehead atoms. The van der Waals surface area contributed by atoms with Gasteiger partial charge in [-0.2, -0.15) is 5.26 Å². The normalized spacial score (nSPS) is 24.6. The molecule has 2 aromatic rings. The van der Waals surface area contributed by atoms with E-state index in [2.05, 4.69) is 41.9 Å². The summed E-state index contributed by atoms with van der Waals surface area (Å²) in [6, 6.07) is 8.50. The molecule has 0 aliphatic carbocycles. The van der Waals surface area contributed by atoms with Crippen LogP contribution < -0.4 is 4.90 Å². The van der Waals surface area contributed by atoms with Gasteiger partial charge in [0.2, 0.25) is 0 Å². The summed E-state index contributed by atoms with van der Waals surface area (Å²) in [7, 11) is -2.89. The first kappa shape index (κ1) is 16.3. The van der Waals surface area contributed by atoms with E-state index in [4.69, 9.17) is 0 Å². The van der Waals surface area contributed by atoms with Crippen LogP contribution in [-0.4, -0.2) is 38.0 Å². The van der Waals surface area contributed by atoms with Crippen LogP contribution >= 0.6 is 0 Å². The SMILES string of the molecule is CC(C)c1ccc2ncc(C#N)c(N3C[C@@H]4CS(=O)(=O)C[C@@H]4C3)c2c1. The van der Waals surface area contributed by atoms with E-state index in [1.807, 2.05) is 6.07 Å². The van der Waals surface area contributed by atoms with E-state index in [1.54, 1.807) is 6.20 Å². The van der Waals surface area contributed by atoms with Crippen LogP contribution in [0.4, 0.5) is 5.69 Å². The van der Waals surface area contributed by atoms with Crippen molar-refractivity contribution in [3.05, 3.63) is 35.5 Å². The smallest absolute Gasteiger partial charge is 0.151 e. The Bertz CT molecular complexity index is 972. The molecule has 2 aliphatic rings. The molecular weight excluding hydrogens is 334 g/mol. The van der Waals surface area contributed by atoms with Gasteiger partial charge in [0.15, 0.2) is 9.84 Å². The summed E-state index contributed by atoms with van der Waals surface area (Å²) < 4.78 is 23.7. The highest BCUT2D eigenvalue weighted by atomic mass is 32.2. The van der Waals surface area contributed by atoms with Crippen LogP contribution in [0, 0.1) is 23.2 Å². The second kappa shape index (κ2) is 5.70. The summed E-state index contributed by atoms with van der Waals surface area (Å²) in [6.45, 7) is 5.69. The second-order valence-corrected chi connectivity index (χ2v) is 9.72. The van der Waals surface area contributed by atoms with Crippen LogP contribution in [0.5, 0.6) is 0 Å². The highest BCUT2D eigenvalue weighted by Gasteiger charge is 2.44. The topological polar surface area (TPSA) is 74.1 Å². The highest BCUT2D eigenvalue weighted by molar-refractivity contribution is 7.91. The Hall–Kier alpha value is -2.13. The summed E-state index contributed by atoms with van der Waals surface area (Å²) in [4.78, 5) is 6.64. The van der Waals surface area contributed by atoms with Gasteiger partial charge in [0.1, 0.15) is 6.07 Å². The molecule has 0 radical (unpaired) electrons. The fourth-order valence-corrected chi connectivity index (χ4v) is 6.39. The van der Waals surface area contributed by atoms with Crippen LogP contribution in [-0.2, 0) is 9.84 Å². The number of hydrogen-bond donors (Lipinski definition) is 0. The Morgan fingerprint density at radius 1 is 1.24 bits per heavy atom. The van der Waals surface area contributed by atoms with Gasteiger partial charge in [-0.1, -0.05) is 19.9 Å². The molecular formula is C19H21N3O2S. The van der Waals surface area contributed by atoms with Crippen molar-refractivity contribution in [2.45, 2.75) is 19.8 Å². The van der Waals surface area contributed by atoms with Gasteiger partial charge in [-0.25, -0.2) is 8.42 Å². The third-order valence-electron chi connectivity index (χ3n) is 5.48. The molecule has 0 saturated carbocycles. The van der Waals surface area contributed by atoms with E-state index >= 15 is 0 Å². The van der Waals surface area contributed by atoms with Crippen molar-refractivity contribution >= 4 is 26.4 Å². The molecule has 0 spiro atoms. The number of nitrogens with zero attached hydrogens (tertiary/aromatic N) is 3. The van der Waals surface area contributed by atoms with Gasteiger partial charge < -0.3 is 4.90 Å². The number of hydrogen-bond acceptors (Lipinski definition) is 5. The van der Waals surface area contributed by atoms with E-state index in [0.29, 0.717) is 24.6 Å². The minimum Gasteiger partial charge on any atom is -0.369 e. The van der Waals surface area contributed by atoms with Crippen LogP contribution in [0.1, 0.15) is 30.9 Å².